The Morgan fingerprint density at radius 2 is 1.50 bits per heavy atom. The van der Waals surface area contributed by atoms with E-state index >= 15 is 0 Å². The summed E-state index contributed by atoms with van der Waals surface area (Å²) in [5.74, 6) is 0. The molecule has 20 heavy (non-hydrogen) atoms. The van der Waals surface area contributed by atoms with Crippen LogP contribution in [0.1, 0.15) is 0 Å². The Balaban J connectivity index is 1.97. The van der Waals surface area contributed by atoms with Crippen LogP contribution in [-0.4, -0.2) is 29.3 Å². The molecule has 3 rings (SSSR count). The first kappa shape index (κ1) is 13.1. The van der Waals surface area contributed by atoms with Gasteiger partial charge in [0, 0.05) is 5.69 Å². The van der Waals surface area contributed by atoms with Crippen LogP contribution in [-0.2, 0) is 0 Å². The summed E-state index contributed by atoms with van der Waals surface area (Å²) >= 11 is 0. The van der Waals surface area contributed by atoms with E-state index in [0.717, 1.165) is 0 Å². The topological polar surface area (TPSA) is 66.8 Å². The molecule has 0 amide bonds. The van der Waals surface area contributed by atoms with Gasteiger partial charge in [-0.2, -0.15) is 0 Å². The van der Waals surface area contributed by atoms with Gasteiger partial charge in [0.15, 0.2) is 6.67 Å². The zero-order valence-corrected chi connectivity index (χ0v) is 10.8. The van der Waals surface area contributed by atoms with E-state index in [0.29, 0.717) is 11.4 Å². The van der Waals surface area contributed by atoms with Crippen LogP contribution in [0.25, 0.3) is 0 Å². The van der Waals surface area contributed by atoms with Gasteiger partial charge < -0.3 is 15.4 Å². The van der Waals surface area contributed by atoms with Crippen molar-refractivity contribution >= 4 is 11.4 Å². The van der Waals surface area contributed by atoms with E-state index in [4.69, 9.17) is 0 Å². The zero-order valence-electron chi connectivity index (χ0n) is 10.8. The van der Waals surface area contributed by atoms with Gasteiger partial charge in [0.1, 0.15) is 5.69 Å². The number of aliphatic hydroxyl groups is 2. The summed E-state index contributed by atoms with van der Waals surface area (Å²) in [4.78, 5) is 1.52. The Bertz CT molecular complexity index is 578. The summed E-state index contributed by atoms with van der Waals surface area (Å²) in [6.45, 7) is -0.0314. The molecule has 0 aliphatic carbocycles. The normalized spacial score (nSPS) is 29.6. The van der Waals surface area contributed by atoms with E-state index in [1.807, 2.05) is 24.3 Å². The number of hydroxylamine groups is 2. The third-order valence-electron chi connectivity index (χ3n) is 3.66. The maximum absolute atomic E-state index is 12.9. The third-order valence-corrected chi connectivity index (χ3v) is 3.66. The fraction of sp³-hybridized carbons (Fsp3) is 0.200. The molecule has 1 fully saturated rings. The van der Waals surface area contributed by atoms with E-state index < -0.39 is 17.1 Å². The molecule has 0 saturated carbocycles. The summed E-state index contributed by atoms with van der Waals surface area (Å²) in [5, 5.41) is 33.3. The van der Waals surface area contributed by atoms with Crippen LogP contribution in [0.15, 0.2) is 60.7 Å². The van der Waals surface area contributed by atoms with Crippen molar-refractivity contribution in [1.82, 2.24) is 4.65 Å². The molecule has 0 spiro atoms. The van der Waals surface area contributed by atoms with Gasteiger partial charge in [0.05, 0.1) is 0 Å². The monoisotopic (exact) mass is 272 g/mol. The Morgan fingerprint density at radius 3 is 2.10 bits per heavy atom. The molecule has 0 aromatic heterocycles. The van der Waals surface area contributed by atoms with Crippen LogP contribution >= 0.6 is 0 Å². The molecule has 2 N–H and O–H groups in total. The molecule has 1 aliphatic heterocycles. The molecule has 2 aromatic carbocycles. The minimum absolute atomic E-state index is 0.0314. The first-order valence-electron chi connectivity index (χ1n) is 6.45. The van der Waals surface area contributed by atoms with Gasteiger partial charge in [-0.05, 0) is 24.3 Å². The van der Waals surface area contributed by atoms with Crippen molar-refractivity contribution in [3.63, 3.8) is 0 Å². The predicted molar refractivity (Wildman–Crippen MR) is 77.4 cm³/mol. The Hall–Kier alpha value is -1.92. The summed E-state index contributed by atoms with van der Waals surface area (Å²) in [6, 6.07) is 17.8. The Kier molecular flexibility index (Phi) is 3.19. The number of anilines is 1. The highest BCUT2D eigenvalue weighted by Gasteiger charge is 2.47. The molecule has 3 unspecified atom stereocenters. The number of rotatable bonds is 2. The minimum Gasteiger partial charge on any atom is -0.624 e. The van der Waals surface area contributed by atoms with Crippen molar-refractivity contribution in [2.75, 3.05) is 11.6 Å². The predicted octanol–water partition coefficient (Wildman–Crippen LogP) is 1.61. The second-order valence-corrected chi connectivity index (χ2v) is 4.91. The highest BCUT2D eigenvalue weighted by Crippen LogP contribution is 2.35. The molecule has 1 heterocycles. The molecule has 104 valence electrons. The summed E-state index contributed by atoms with van der Waals surface area (Å²) in [5.41, 5.74) is 1.14. The maximum atomic E-state index is 12.9. The average molecular weight is 272 g/mol. The maximum Gasteiger partial charge on any atom is 0.242 e. The molecule has 5 heteroatoms. The first-order valence-corrected chi connectivity index (χ1v) is 6.45. The molecular weight excluding hydrogens is 256 g/mol. The highest BCUT2D eigenvalue weighted by molar-refractivity contribution is 5.53. The van der Waals surface area contributed by atoms with Gasteiger partial charge in [0.25, 0.3) is 0 Å². The molecular formula is C15H16N2O3. The Morgan fingerprint density at radius 1 is 0.950 bits per heavy atom. The van der Waals surface area contributed by atoms with Crippen molar-refractivity contribution in [3.8, 4) is 0 Å². The molecule has 2 aromatic rings. The largest absolute Gasteiger partial charge is 0.624 e. The molecule has 3 atom stereocenters. The van der Waals surface area contributed by atoms with Gasteiger partial charge in [0.2, 0.25) is 12.5 Å². The highest BCUT2D eigenvalue weighted by atomic mass is 16.6. The molecule has 5 nitrogen and oxygen atoms in total. The van der Waals surface area contributed by atoms with Crippen LogP contribution in [0.4, 0.5) is 11.4 Å². The lowest BCUT2D eigenvalue weighted by atomic mass is 10.3. The number of quaternary nitrogens is 1. The summed E-state index contributed by atoms with van der Waals surface area (Å²) in [7, 11) is 0. The average Bonchev–Trinajstić information content (AvgIpc) is 2.75. The van der Waals surface area contributed by atoms with Crippen molar-refractivity contribution in [2.45, 2.75) is 12.5 Å². The van der Waals surface area contributed by atoms with Crippen LogP contribution in [0.5, 0.6) is 0 Å². The standard InChI is InChI=1S/C15H16N2O3/c18-14-15(19)17(20,13-9-5-2-6-10-13)11-16(14)12-7-3-1-4-8-12/h1-10,14-15,18-19H,11H2. The fourth-order valence-electron chi connectivity index (χ4n) is 2.54. The van der Waals surface area contributed by atoms with Crippen LogP contribution < -0.4 is 9.55 Å². The summed E-state index contributed by atoms with van der Waals surface area (Å²) in [6.07, 6.45) is -2.66. The zero-order chi connectivity index (χ0) is 14.2. The Labute approximate surface area is 117 Å². The molecule has 0 bridgehead atoms. The van der Waals surface area contributed by atoms with Crippen LogP contribution in [0, 0.1) is 5.21 Å². The lowest BCUT2D eigenvalue weighted by Gasteiger charge is -2.39. The van der Waals surface area contributed by atoms with E-state index in [1.54, 1.807) is 36.4 Å². The van der Waals surface area contributed by atoms with Gasteiger partial charge >= 0.3 is 0 Å². The second-order valence-electron chi connectivity index (χ2n) is 4.91. The van der Waals surface area contributed by atoms with E-state index in [9.17, 15) is 15.4 Å². The van der Waals surface area contributed by atoms with Crippen molar-refractivity contribution in [2.24, 2.45) is 0 Å². The van der Waals surface area contributed by atoms with E-state index in [-0.39, 0.29) is 6.67 Å². The first-order chi connectivity index (χ1) is 9.63. The van der Waals surface area contributed by atoms with Gasteiger partial charge in [-0.3, -0.25) is 9.55 Å². The third kappa shape index (κ3) is 1.97. The molecule has 0 radical (unpaired) electrons. The second kappa shape index (κ2) is 4.88. The number of aliphatic hydroxyl groups excluding tert-OH is 2. The van der Waals surface area contributed by atoms with Crippen molar-refractivity contribution in [3.05, 3.63) is 65.9 Å². The lowest BCUT2D eigenvalue weighted by Crippen LogP contribution is -2.50. The number of nitrogens with zero attached hydrogens (tertiary/aromatic N) is 2. The van der Waals surface area contributed by atoms with Crippen LogP contribution in [0.2, 0.25) is 0 Å². The number of benzene rings is 2. The number of para-hydroxylation sites is 2. The van der Waals surface area contributed by atoms with Crippen molar-refractivity contribution in [1.29, 1.82) is 0 Å². The minimum atomic E-state index is -1.43. The lowest BCUT2D eigenvalue weighted by molar-refractivity contribution is -0.0129. The quantitative estimate of drug-likeness (QED) is 0.644. The SMILES string of the molecule is [O-][N+]1(c2ccccc2)CN(c2ccccc2)C(O)C1O. The molecule has 1 saturated heterocycles. The number of hydrogen-bond donors (Lipinski definition) is 2. The number of hydrogen-bond acceptors (Lipinski definition) is 4. The summed E-state index contributed by atoms with van der Waals surface area (Å²) < 4.78 is -0.975. The fourth-order valence-corrected chi connectivity index (χ4v) is 2.54. The van der Waals surface area contributed by atoms with Crippen LogP contribution in [0.3, 0.4) is 0 Å². The molecule has 1 aliphatic rings. The van der Waals surface area contributed by atoms with Gasteiger partial charge in [-0.1, -0.05) is 36.4 Å². The smallest absolute Gasteiger partial charge is 0.242 e. The van der Waals surface area contributed by atoms with Gasteiger partial charge in [-0.25, -0.2) is 0 Å². The van der Waals surface area contributed by atoms with E-state index in [1.165, 1.54) is 4.90 Å². The van der Waals surface area contributed by atoms with E-state index in [2.05, 4.69) is 0 Å². The van der Waals surface area contributed by atoms with Crippen molar-refractivity contribution < 1.29 is 10.2 Å². The van der Waals surface area contributed by atoms with Gasteiger partial charge in [-0.15, -0.1) is 0 Å².